The van der Waals surface area contributed by atoms with Crippen molar-refractivity contribution < 1.29 is 23.1 Å². The van der Waals surface area contributed by atoms with Crippen LogP contribution in [0.1, 0.15) is 31.2 Å². The number of amides is 1. The molecule has 0 saturated carbocycles. The molecule has 2 atom stereocenters. The van der Waals surface area contributed by atoms with Gasteiger partial charge in [0.25, 0.3) is 11.1 Å². The van der Waals surface area contributed by atoms with Gasteiger partial charge in [-0.15, -0.1) is 0 Å². The van der Waals surface area contributed by atoms with Crippen LogP contribution in [0.4, 0.5) is 9.18 Å². The van der Waals surface area contributed by atoms with Crippen LogP contribution >= 0.6 is 11.6 Å². The Balaban J connectivity index is 1.08. The van der Waals surface area contributed by atoms with Gasteiger partial charge in [0, 0.05) is 43.4 Å². The van der Waals surface area contributed by atoms with Crippen LogP contribution in [-0.2, 0) is 21.7 Å². The molecule has 200 valence electrons. The number of alkyl halides is 1. The number of nitrogens with zero attached hydrogens (tertiary/aromatic N) is 2. The van der Waals surface area contributed by atoms with Gasteiger partial charge in [-0.25, -0.2) is 14.2 Å². The molecule has 0 radical (unpaired) electrons. The number of fused-ring (bicyclic) bond motifs is 3. The Morgan fingerprint density at radius 2 is 2.11 bits per heavy atom. The van der Waals surface area contributed by atoms with Crippen molar-refractivity contribution in [2.24, 2.45) is 5.92 Å². The maximum Gasteiger partial charge on any atom is 0.409 e. The number of aromatic amines is 2. The largest absolute Gasteiger partial charge is 0.449 e. The summed E-state index contributed by atoms with van der Waals surface area (Å²) < 4.78 is 32.3. The lowest BCUT2D eigenvalue weighted by atomic mass is 9.79. The van der Waals surface area contributed by atoms with E-state index in [1.165, 1.54) is 17.2 Å². The lowest BCUT2D eigenvalue weighted by molar-refractivity contribution is -0.00299. The van der Waals surface area contributed by atoms with Gasteiger partial charge >= 0.3 is 6.09 Å². The average molecular weight is 545 g/mol. The zero-order valence-electron chi connectivity index (χ0n) is 20.6. The predicted octanol–water partition coefficient (Wildman–Crippen LogP) is 4.26. The van der Waals surface area contributed by atoms with E-state index in [1.54, 1.807) is 13.0 Å². The first-order valence-electron chi connectivity index (χ1n) is 12.2. The highest BCUT2D eigenvalue weighted by atomic mass is 35.5. The van der Waals surface area contributed by atoms with Crippen molar-refractivity contribution in [3.63, 3.8) is 0 Å². The van der Waals surface area contributed by atoms with E-state index in [0.717, 1.165) is 5.39 Å². The summed E-state index contributed by atoms with van der Waals surface area (Å²) in [6.45, 7) is 2.30. The van der Waals surface area contributed by atoms with Crippen molar-refractivity contribution in [2.75, 3.05) is 26.3 Å². The van der Waals surface area contributed by atoms with Gasteiger partial charge in [-0.05, 0) is 18.2 Å². The fourth-order valence-corrected chi connectivity index (χ4v) is 4.90. The van der Waals surface area contributed by atoms with Crippen LogP contribution in [0.5, 0.6) is 0 Å². The fourth-order valence-electron chi connectivity index (χ4n) is 4.74. The van der Waals surface area contributed by atoms with E-state index >= 15 is 4.39 Å². The number of piperidine rings is 1. The minimum Gasteiger partial charge on any atom is -0.449 e. The molecule has 0 spiro atoms. The summed E-state index contributed by atoms with van der Waals surface area (Å²) in [5.41, 5.74) is -1.62. The highest BCUT2D eigenvalue weighted by Crippen LogP contribution is 2.40. The topological polar surface area (TPSA) is 131 Å². The summed E-state index contributed by atoms with van der Waals surface area (Å²) in [5.74, 6) is -0.271. The van der Waals surface area contributed by atoms with Crippen LogP contribution in [0.3, 0.4) is 0 Å². The maximum absolute atomic E-state index is 15.8. The highest BCUT2D eigenvalue weighted by molar-refractivity contribution is 6.30. The number of para-hydroxylation sites is 1. The number of rotatable bonds is 7. The molecule has 1 aliphatic heterocycles. The zero-order valence-corrected chi connectivity index (χ0v) is 21.3. The van der Waals surface area contributed by atoms with E-state index in [0.29, 0.717) is 23.3 Å². The molecule has 1 amide bonds. The lowest BCUT2D eigenvalue weighted by Crippen LogP contribution is -2.50. The molecule has 2 N–H and O–H groups in total. The highest BCUT2D eigenvalue weighted by Gasteiger charge is 2.45. The van der Waals surface area contributed by atoms with Gasteiger partial charge in [0.2, 0.25) is 5.58 Å². The van der Waals surface area contributed by atoms with E-state index in [4.69, 9.17) is 25.5 Å². The van der Waals surface area contributed by atoms with Crippen molar-refractivity contribution in [2.45, 2.75) is 32.0 Å². The standard InChI is InChI=1S/C26H26ClFN4O6/c1-15-13-32(8-7-26(15,28)18-11-16(27)12-29-23(18)33)25(35)37-10-4-9-36-14-20-30-21-17-5-2-3-6-19(17)38-22(21)24(34)31-20/h2-3,5-6,11-12,15H,4,7-10,13-14H2,1H3,(H,29,33)(H,30,31,34)/t15-,26+/m0/s1. The van der Waals surface area contributed by atoms with E-state index in [9.17, 15) is 14.4 Å². The average Bonchev–Trinajstić information content (AvgIpc) is 3.28. The molecule has 5 rings (SSSR count). The van der Waals surface area contributed by atoms with Crippen molar-refractivity contribution in [1.29, 1.82) is 0 Å². The van der Waals surface area contributed by atoms with Gasteiger partial charge in [0.15, 0.2) is 0 Å². The van der Waals surface area contributed by atoms with E-state index < -0.39 is 23.2 Å². The summed E-state index contributed by atoms with van der Waals surface area (Å²) in [5, 5.41) is 0.990. The molecule has 4 aromatic rings. The van der Waals surface area contributed by atoms with Gasteiger partial charge in [-0.3, -0.25) is 9.59 Å². The van der Waals surface area contributed by atoms with Gasteiger partial charge in [-0.2, -0.15) is 0 Å². The normalized spacial score (nSPS) is 19.8. The van der Waals surface area contributed by atoms with Gasteiger partial charge in [0.05, 0.1) is 23.8 Å². The van der Waals surface area contributed by atoms with Crippen LogP contribution in [-0.4, -0.2) is 52.2 Å². The molecule has 1 aliphatic rings. The fraction of sp³-hybridized carbons (Fsp3) is 0.385. The first kappa shape index (κ1) is 25.9. The second-order valence-corrected chi connectivity index (χ2v) is 9.77. The molecule has 1 fully saturated rings. The summed E-state index contributed by atoms with van der Waals surface area (Å²) in [4.78, 5) is 48.0. The molecule has 3 aromatic heterocycles. The van der Waals surface area contributed by atoms with Crippen molar-refractivity contribution in [3.8, 4) is 0 Å². The minimum atomic E-state index is -1.90. The van der Waals surface area contributed by atoms with Crippen LogP contribution in [0.2, 0.25) is 5.02 Å². The molecule has 4 heterocycles. The smallest absolute Gasteiger partial charge is 0.409 e. The number of hydrogen-bond acceptors (Lipinski definition) is 7. The summed E-state index contributed by atoms with van der Waals surface area (Å²) in [6.07, 6.45) is 1.13. The Kier molecular flexibility index (Phi) is 7.22. The number of H-pyrrole nitrogens is 2. The van der Waals surface area contributed by atoms with Gasteiger partial charge in [-0.1, -0.05) is 30.7 Å². The Morgan fingerprint density at radius 1 is 1.29 bits per heavy atom. The molecular formula is C26H26ClFN4O6. The number of ether oxygens (including phenoxy) is 2. The predicted molar refractivity (Wildman–Crippen MR) is 138 cm³/mol. The molecule has 12 heteroatoms. The monoisotopic (exact) mass is 544 g/mol. The SMILES string of the molecule is C[C@H]1CN(C(=O)OCCCOCc2nc3c(oc4ccccc43)c(=O)[nH]2)CC[C@]1(F)c1cc(Cl)c[nH]c1=O. The second kappa shape index (κ2) is 10.6. The number of aromatic nitrogens is 3. The van der Waals surface area contributed by atoms with E-state index in [-0.39, 0.29) is 61.1 Å². The maximum atomic E-state index is 15.8. The summed E-state index contributed by atoms with van der Waals surface area (Å²) in [7, 11) is 0. The lowest BCUT2D eigenvalue weighted by Gasteiger charge is -2.40. The summed E-state index contributed by atoms with van der Waals surface area (Å²) >= 11 is 5.94. The number of carbonyl (C=O) groups excluding carboxylic acids is 1. The molecule has 1 saturated heterocycles. The van der Waals surface area contributed by atoms with Crippen molar-refractivity contribution in [3.05, 3.63) is 73.6 Å². The Morgan fingerprint density at radius 3 is 2.92 bits per heavy atom. The van der Waals surface area contributed by atoms with Crippen molar-refractivity contribution in [1.82, 2.24) is 19.9 Å². The Bertz CT molecular complexity index is 1600. The molecule has 0 unspecified atom stereocenters. The molecular weight excluding hydrogens is 519 g/mol. The Hall–Kier alpha value is -3.70. The Labute approximate surface area is 220 Å². The number of pyridine rings is 1. The number of halogens is 2. The van der Waals surface area contributed by atoms with E-state index in [1.807, 2.05) is 18.2 Å². The van der Waals surface area contributed by atoms with E-state index in [2.05, 4.69) is 15.0 Å². The number of hydrogen-bond donors (Lipinski definition) is 2. The minimum absolute atomic E-state index is 0.0291. The van der Waals surface area contributed by atoms with Crippen LogP contribution < -0.4 is 11.1 Å². The van der Waals surface area contributed by atoms with Gasteiger partial charge in [0.1, 0.15) is 29.2 Å². The number of benzene rings is 1. The molecule has 0 aliphatic carbocycles. The quantitative estimate of drug-likeness (QED) is 0.332. The molecule has 1 aromatic carbocycles. The number of carbonyl (C=O) groups is 1. The van der Waals surface area contributed by atoms with Crippen LogP contribution in [0.15, 0.2) is 50.5 Å². The van der Waals surface area contributed by atoms with Crippen LogP contribution in [0, 0.1) is 5.92 Å². The van der Waals surface area contributed by atoms with Crippen LogP contribution in [0.25, 0.3) is 22.1 Å². The van der Waals surface area contributed by atoms with Gasteiger partial charge < -0.3 is 28.8 Å². The number of likely N-dealkylation sites (tertiary alicyclic amines) is 1. The first-order chi connectivity index (χ1) is 18.3. The molecule has 10 nitrogen and oxygen atoms in total. The number of furan rings is 1. The third-order valence-corrected chi connectivity index (χ3v) is 6.99. The zero-order chi connectivity index (χ0) is 26.9. The summed E-state index contributed by atoms with van der Waals surface area (Å²) in [6, 6.07) is 8.61. The number of nitrogens with one attached hydrogen (secondary N) is 2. The molecule has 38 heavy (non-hydrogen) atoms. The third-order valence-electron chi connectivity index (χ3n) is 6.77. The second-order valence-electron chi connectivity index (χ2n) is 9.33. The third kappa shape index (κ3) is 5.03. The molecule has 0 bridgehead atoms. The first-order valence-corrected chi connectivity index (χ1v) is 12.6. The van der Waals surface area contributed by atoms with Crippen molar-refractivity contribution >= 4 is 39.8 Å².